The topological polar surface area (TPSA) is 130 Å². The fourth-order valence-electron chi connectivity index (χ4n) is 7.12. The molecular weight excluding hydrogens is 682 g/mol. The highest BCUT2D eigenvalue weighted by Crippen LogP contribution is 2.43. The van der Waals surface area contributed by atoms with Gasteiger partial charge in [-0.1, -0.05) is 0 Å². The van der Waals surface area contributed by atoms with E-state index in [0.29, 0.717) is 51.9 Å². The van der Waals surface area contributed by atoms with E-state index < -0.39 is 11.7 Å². The molecule has 13 heteroatoms. The first-order chi connectivity index (χ1) is 25.2. The van der Waals surface area contributed by atoms with E-state index in [-0.39, 0.29) is 23.0 Å². The summed E-state index contributed by atoms with van der Waals surface area (Å²) in [6.45, 7) is 7.45. The number of carbonyl (C=O) groups excluding carboxylic acids is 3. The first kappa shape index (κ1) is 33.6. The molecule has 1 spiro atoms. The summed E-state index contributed by atoms with van der Waals surface area (Å²) in [5, 5.41) is 5.55. The summed E-state index contributed by atoms with van der Waals surface area (Å²) >= 11 is 1.24. The van der Waals surface area contributed by atoms with E-state index in [1.807, 2.05) is 32.0 Å². The number of nitrogens with zero attached hydrogens (tertiary/aromatic N) is 5. The predicted molar refractivity (Wildman–Crippen MR) is 198 cm³/mol. The van der Waals surface area contributed by atoms with Gasteiger partial charge in [-0.15, -0.1) is 11.3 Å². The van der Waals surface area contributed by atoms with Crippen LogP contribution in [0, 0.1) is 25.1 Å². The second-order valence-corrected chi connectivity index (χ2v) is 14.7. The van der Waals surface area contributed by atoms with Crippen molar-refractivity contribution in [2.75, 3.05) is 53.3 Å². The molecular formula is C39H36FN7O4S. The third-order valence-electron chi connectivity index (χ3n) is 9.94. The highest BCUT2D eigenvalue weighted by molar-refractivity contribution is 7.17. The minimum absolute atomic E-state index is 0.139. The Morgan fingerprint density at radius 2 is 1.73 bits per heavy atom. The molecule has 3 amide bonds. The van der Waals surface area contributed by atoms with Crippen LogP contribution < -0.4 is 20.4 Å². The average Bonchev–Trinajstić information content (AvgIpc) is 3.50. The van der Waals surface area contributed by atoms with Crippen LogP contribution in [-0.4, -0.2) is 65.5 Å². The summed E-state index contributed by atoms with van der Waals surface area (Å²) in [5.74, 6) is -1.02. The molecule has 1 aromatic carbocycles. The minimum Gasteiger partial charge on any atom is -0.381 e. The molecule has 3 aliphatic heterocycles. The number of benzene rings is 1. The van der Waals surface area contributed by atoms with Crippen molar-refractivity contribution in [1.29, 1.82) is 0 Å². The zero-order valence-electron chi connectivity index (χ0n) is 28.7. The lowest BCUT2D eigenvalue weighted by Gasteiger charge is -2.53. The van der Waals surface area contributed by atoms with Crippen LogP contribution in [0.2, 0.25) is 0 Å². The number of rotatable bonds is 6. The molecule has 11 nitrogen and oxygen atoms in total. The van der Waals surface area contributed by atoms with E-state index in [1.165, 1.54) is 29.7 Å². The summed E-state index contributed by atoms with van der Waals surface area (Å²) < 4.78 is 19.7. The van der Waals surface area contributed by atoms with Crippen LogP contribution in [0.4, 0.5) is 27.4 Å². The summed E-state index contributed by atoms with van der Waals surface area (Å²) in [6, 6.07) is 16.9. The lowest BCUT2D eigenvalue weighted by Crippen LogP contribution is -2.59. The van der Waals surface area contributed by atoms with Crippen LogP contribution in [0.25, 0.3) is 10.6 Å². The third kappa shape index (κ3) is 6.41. The van der Waals surface area contributed by atoms with E-state index in [2.05, 4.69) is 20.5 Å². The number of carbonyl (C=O) groups is 3. The standard InChI is InChI=1S/C39H36FN7O4S/c1-23-18-30-32(42-20-23)33-26(19-31(52-33)37(49)45-34-29(40)4-3-14-41-34)11-15-47(30)38(50)25-6-8-27(9-7-25)44-36(48)28-10-5-24(2)43-35(28)46-21-39(22-46)12-16-51-17-13-39/h3-10,14,18-20H,11-13,15-17,21-22H2,1-2H3,(H,44,48)(H,41,45,49). The van der Waals surface area contributed by atoms with Crippen molar-refractivity contribution in [1.82, 2.24) is 15.0 Å². The zero-order chi connectivity index (χ0) is 36.0. The number of nitrogens with one attached hydrogen (secondary N) is 2. The molecule has 0 bridgehead atoms. The summed E-state index contributed by atoms with van der Waals surface area (Å²) in [7, 11) is 0. The van der Waals surface area contributed by atoms with Crippen molar-refractivity contribution in [2.24, 2.45) is 5.41 Å². The number of ether oxygens (including phenoxy) is 1. The van der Waals surface area contributed by atoms with E-state index in [9.17, 15) is 18.8 Å². The number of aryl methyl sites for hydroxylation is 2. The molecule has 8 rings (SSSR count). The molecule has 3 aliphatic rings. The predicted octanol–water partition coefficient (Wildman–Crippen LogP) is 6.68. The smallest absolute Gasteiger partial charge is 0.266 e. The molecule has 0 saturated carbocycles. The number of aromatic nitrogens is 3. The number of hydrogen-bond acceptors (Lipinski definition) is 9. The normalized spacial score (nSPS) is 16.0. The Labute approximate surface area is 303 Å². The Balaban J connectivity index is 0.987. The van der Waals surface area contributed by atoms with Crippen molar-refractivity contribution in [3.63, 3.8) is 0 Å². The Morgan fingerprint density at radius 1 is 0.942 bits per heavy atom. The van der Waals surface area contributed by atoms with Gasteiger partial charge in [0.15, 0.2) is 11.6 Å². The number of pyridine rings is 3. The van der Waals surface area contributed by atoms with Gasteiger partial charge in [-0.25, -0.2) is 14.4 Å². The van der Waals surface area contributed by atoms with Gasteiger partial charge in [-0.2, -0.15) is 0 Å². The number of amides is 3. The van der Waals surface area contributed by atoms with Crippen LogP contribution >= 0.6 is 11.3 Å². The lowest BCUT2D eigenvalue weighted by molar-refractivity contribution is -0.000519. The summed E-state index contributed by atoms with van der Waals surface area (Å²) in [4.78, 5) is 59.1. The number of fused-ring (bicyclic) bond motifs is 3. The summed E-state index contributed by atoms with van der Waals surface area (Å²) in [6.07, 6.45) is 5.66. The van der Waals surface area contributed by atoms with Crippen molar-refractivity contribution in [3.8, 4) is 10.6 Å². The first-order valence-electron chi connectivity index (χ1n) is 17.2. The van der Waals surface area contributed by atoms with Crippen LogP contribution in [0.1, 0.15) is 60.1 Å². The molecule has 2 fully saturated rings. The van der Waals surface area contributed by atoms with Gasteiger partial charge in [-0.3, -0.25) is 19.4 Å². The number of anilines is 4. The Morgan fingerprint density at radius 3 is 2.50 bits per heavy atom. The molecule has 0 aliphatic carbocycles. The van der Waals surface area contributed by atoms with Gasteiger partial charge in [0, 0.05) is 67.6 Å². The quantitative estimate of drug-likeness (QED) is 0.199. The zero-order valence-corrected chi connectivity index (χ0v) is 29.6. The Hall–Kier alpha value is -5.53. The van der Waals surface area contributed by atoms with Gasteiger partial charge >= 0.3 is 0 Å². The second-order valence-electron chi connectivity index (χ2n) is 13.7. The van der Waals surface area contributed by atoms with Gasteiger partial charge in [-0.05, 0) is 105 Å². The SMILES string of the molecule is Cc1cnc2c(c1)N(C(=O)c1ccc(NC(=O)c3ccc(C)nc3N3CC4(CCOCC4)C3)cc1)CCc1cc(C(=O)Nc3ncccc3F)sc1-2. The second kappa shape index (κ2) is 13.5. The summed E-state index contributed by atoms with van der Waals surface area (Å²) in [5.41, 5.74) is 5.58. The number of halogens is 1. The van der Waals surface area contributed by atoms with E-state index >= 15 is 0 Å². The maximum Gasteiger partial charge on any atom is 0.266 e. The molecule has 264 valence electrons. The van der Waals surface area contributed by atoms with Crippen molar-refractivity contribution < 1.29 is 23.5 Å². The van der Waals surface area contributed by atoms with Gasteiger partial charge in [0.1, 0.15) is 11.5 Å². The Bertz CT molecular complexity index is 2210. The molecule has 0 unspecified atom stereocenters. The van der Waals surface area contributed by atoms with Crippen molar-refractivity contribution in [2.45, 2.75) is 33.1 Å². The highest BCUT2D eigenvalue weighted by Gasteiger charge is 2.45. The monoisotopic (exact) mass is 717 g/mol. The third-order valence-corrected chi connectivity index (χ3v) is 11.1. The van der Waals surface area contributed by atoms with Crippen LogP contribution in [0.15, 0.2) is 73.1 Å². The average molecular weight is 718 g/mol. The van der Waals surface area contributed by atoms with Crippen molar-refractivity contribution in [3.05, 3.63) is 112 Å². The molecule has 52 heavy (non-hydrogen) atoms. The first-order valence-corrected chi connectivity index (χ1v) is 18.0. The van der Waals surface area contributed by atoms with E-state index in [1.54, 1.807) is 41.4 Å². The van der Waals surface area contributed by atoms with E-state index in [4.69, 9.17) is 14.7 Å². The van der Waals surface area contributed by atoms with E-state index in [0.717, 1.165) is 60.8 Å². The van der Waals surface area contributed by atoms with Gasteiger partial charge in [0.2, 0.25) is 0 Å². The molecule has 7 heterocycles. The van der Waals surface area contributed by atoms with Crippen LogP contribution in [0.3, 0.4) is 0 Å². The number of hydrogen-bond donors (Lipinski definition) is 2. The molecule has 2 saturated heterocycles. The molecule has 5 aromatic rings. The van der Waals surface area contributed by atoms with Gasteiger partial charge in [0.25, 0.3) is 17.7 Å². The fraction of sp³-hybridized carbons (Fsp3) is 0.282. The lowest BCUT2D eigenvalue weighted by atomic mass is 9.73. The maximum atomic E-state index is 14.2. The molecule has 4 aromatic heterocycles. The molecule has 0 atom stereocenters. The van der Waals surface area contributed by atoms with Crippen molar-refractivity contribution >= 4 is 52.1 Å². The van der Waals surface area contributed by atoms with Crippen LogP contribution in [-0.2, 0) is 11.2 Å². The largest absolute Gasteiger partial charge is 0.381 e. The fourth-order valence-corrected chi connectivity index (χ4v) is 8.23. The van der Waals surface area contributed by atoms with Gasteiger partial charge in [0.05, 0.1) is 21.0 Å². The molecule has 0 radical (unpaired) electrons. The van der Waals surface area contributed by atoms with Crippen LogP contribution in [0.5, 0.6) is 0 Å². The highest BCUT2D eigenvalue weighted by atomic mass is 32.1. The Kier molecular flexibility index (Phi) is 8.76. The maximum absolute atomic E-state index is 14.2. The number of thiophene rings is 1. The molecule has 2 N–H and O–H groups in total. The minimum atomic E-state index is -0.621. The van der Waals surface area contributed by atoms with Gasteiger partial charge < -0.3 is 25.2 Å².